The van der Waals surface area contributed by atoms with Gasteiger partial charge in [0.2, 0.25) is 5.78 Å². The molecule has 0 radical (unpaired) electrons. The van der Waals surface area contributed by atoms with Crippen LogP contribution >= 0.6 is 0 Å². The molecular weight excluding hydrogens is 185 g/mol. The second kappa shape index (κ2) is 3.47. The third kappa shape index (κ3) is 1.80. The van der Waals surface area contributed by atoms with E-state index in [1.807, 2.05) is 0 Å². The Balaban J connectivity index is 3.20. The van der Waals surface area contributed by atoms with Crippen LogP contribution < -0.4 is 0 Å². The van der Waals surface area contributed by atoms with Crippen molar-refractivity contribution in [3.8, 4) is 5.75 Å². The molecule has 0 saturated heterocycles. The summed E-state index contributed by atoms with van der Waals surface area (Å²) in [5.74, 6) is -3.63. The second-order valence-electron chi connectivity index (χ2n) is 2.30. The summed E-state index contributed by atoms with van der Waals surface area (Å²) in [5, 5.41) is 8.92. The highest BCUT2D eigenvalue weighted by atomic mass is 19.3. The molecule has 0 unspecified atom stereocenters. The topological polar surface area (TPSA) is 37.3 Å². The largest absolute Gasteiger partial charge is 0.507 e. The summed E-state index contributed by atoms with van der Waals surface area (Å²) < 4.78 is 36.4. The Kier molecular flexibility index (Phi) is 2.55. The van der Waals surface area contributed by atoms with E-state index in [1.54, 1.807) is 0 Å². The summed E-state index contributed by atoms with van der Waals surface area (Å²) in [6, 6.07) is 2.92. The molecule has 1 N–H and O–H groups in total. The van der Waals surface area contributed by atoms with Crippen LogP contribution in [0.25, 0.3) is 0 Å². The molecule has 13 heavy (non-hydrogen) atoms. The van der Waals surface area contributed by atoms with Crippen molar-refractivity contribution in [2.75, 3.05) is 0 Å². The van der Waals surface area contributed by atoms with Gasteiger partial charge in [-0.2, -0.15) is 0 Å². The summed E-state index contributed by atoms with van der Waals surface area (Å²) in [7, 11) is 0. The predicted molar refractivity (Wildman–Crippen MR) is 38.4 cm³/mol. The first-order valence-corrected chi connectivity index (χ1v) is 3.34. The third-order valence-electron chi connectivity index (χ3n) is 1.44. The monoisotopic (exact) mass is 190 g/mol. The van der Waals surface area contributed by atoms with Gasteiger partial charge in [-0.3, -0.25) is 4.79 Å². The molecule has 1 aromatic rings. The summed E-state index contributed by atoms with van der Waals surface area (Å²) in [4.78, 5) is 10.6. The van der Waals surface area contributed by atoms with E-state index >= 15 is 0 Å². The average Bonchev–Trinajstić information content (AvgIpc) is 2.03. The highest BCUT2D eigenvalue weighted by Crippen LogP contribution is 2.22. The molecule has 0 amide bonds. The maximum Gasteiger partial charge on any atom is 0.300 e. The summed E-state index contributed by atoms with van der Waals surface area (Å²) >= 11 is 0. The number of alkyl halides is 2. The number of Topliss-reactive ketones (excluding diaryl/α,β-unsaturated/α-hetero) is 1. The van der Waals surface area contributed by atoms with Gasteiger partial charge in [0.05, 0.1) is 0 Å². The first-order chi connectivity index (χ1) is 6.04. The molecule has 0 aliphatic carbocycles. The van der Waals surface area contributed by atoms with E-state index in [1.165, 1.54) is 0 Å². The summed E-state index contributed by atoms with van der Waals surface area (Å²) in [6.45, 7) is 0. The smallest absolute Gasteiger partial charge is 0.300 e. The molecule has 1 rings (SSSR count). The number of rotatable bonds is 2. The SMILES string of the molecule is O=C(c1c(O)cccc1F)C(F)F. The van der Waals surface area contributed by atoms with Crippen LogP contribution in [0.1, 0.15) is 10.4 Å². The Morgan fingerprint density at radius 2 is 2.00 bits per heavy atom. The number of hydrogen-bond donors (Lipinski definition) is 1. The zero-order valence-electron chi connectivity index (χ0n) is 6.30. The fourth-order valence-electron chi connectivity index (χ4n) is 0.866. The highest BCUT2D eigenvalue weighted by molar-refractivity contribution is 6.00. The number of aromatic hydroxyl groups is 1. The lowest BCUT2D eigenvalue weighted by atomic mass is 10.1. The molecule has 0 aliphatic rings. The molecule has 0 aliphatic heterocycles. The molecule has 5 heteroatoms. The van der Waals surface area contributed by atoms with Gasteiger partial charge in [-0.15, -0.1) is 0 Å². The van der Waals surface area contributed by atoms with Crippen molar-refractivity contribution in [2.24, 2.45) is 0 Å². The van der Waals surface area contributed by atoms with Crippen LogP contribution in [-0.2, 0) is 0 Å². The van der Waals surface area contributed by atoms with E-state index < -0.39 is 29.3 Å². The molecule has 0 heterocycles. The van der Waals surface area contributed by atoms with Gasteiger partial charge < -0.3 is 5.11 Å². The van der Waals surface area contributed by atoms with Crippen LogP contribution in [0, 0.1) is 5.82 Å². The number of hydrogen-bond acceptors (Lipinski definition) is 2. The molecule has 1 aromatic carbocycles. The molecule has 0 bridgehead atoms. The zero-order chi connectivity index (χ0) is 10.0. The van der Waals surface area contributed by atoms with Crippen molar-refractivity contribution in [3.63, 3.8) is 0 Å². The van der Waals surface area contributed by atoms with Gasteiger partial charge >= 0.3 is 6.43 Å². The van der Waals surface area contributed by atoms with E-state index in [4.69, 9.17) is 5.11 Å². The van der Waals surface area contributed by atoms with Crippen LogP contribution in [-0.4, -0.2) is 17.3 Å². The van der Waals surface area contributed by atoms with Gasteiger partial charge in [0.1, 0.15) is 17.1 Å². The average molecular weight is 190 g/mol. The van der Waals surface area contributed by atoms with Gasteiger partial charge in [0.15, 0.2) is 0 Å². The Morgan fingerprint density at radius 3 is 2.46 bits per heavy atom. The number of carbonyl (C=O) groups excluding carboxylic acids is 1. The van der Waals surface area contributed by atoms with E-state index in [9.17, 15) is 18.0 Å². The minimum atomic E-state index is -3.32. The maximum absolute atomic E-state index is 12.7. The number of halogens is 3. The van der Waals surface area contributed by atoms with Crippen LogP contribution in [0.4, 0.5) is 13.2 Å². The number of ketones is 1. The number of phenols is 1. The second-order valence-corrected chi connectivity index (χ2v) is 2.30. The highest BCUT2D eigenvalue weighted by Gasteiger charge is 2.24. The molecule has 2 nitrogen and oxygen atoms in total. The molecular formula is C8H5F3O2. The minimum absolute atomic E-state index is 0.773. The van der Waals surface area contributed by atoms with Crippen LogP contribution in [0.15, 0.2) is 18.2 Å². The van der Waals surface area contributed by atoms with Gasteiger partial charge in [-0.25, -0.2) is 13.2 Å². The molecule has 0 fully saturated rings. The standard InChI is InChI=1S/C8H5F3O2/c9-4-2-1-3-5(12)6(4)7(13)8(10)11/h1-3,8,12H. The molecule has 0 atom stereocenters. The van der Waals surface area contributed by atoms with Gasteiger partial charge in [0, 0.05) is 0 Å². The fourth-order valence-corrected chi connectivity index (χ4v) is 0.866. The zero-order valence-corrected chi connectivity index (χ0v) is 6.30. The molecule has 0 aromatic heterocycles. The Morgan fingerprint density at radius 1 is 1.38 bits per heavy atom. The molecule has 70 valence electrons. The van der Waals surface area contributed by atoms with Crippen molar-refractivity contribution >= 4 is 5.78 Å². The van der Waals surface area contributed by atoms with Crippen molar-refractivity contribution in [1.29, 1.82) is 0 Å². The van der Waals surface area contributed by atoms with E-state index in [0.717, 1.165) is 18.2 Å². The lowest BCUT2D eigenvalue weighted by molar-refractivity contribution is 0.0671. The van der Waals surface area contributed by atoms with Crippen LogP contribution in [0.3, 0.4) is 0 Å². The van der Waals surface area contributed by atoms with Crippen molar-refractivity contribution < 1.29 is 23.1 Å². The van der Waals surface area contributed by atoms with E-state index in [0.29, 0.717) is 0 Å². The Hall–Kier alpha value is -1.52. The van der Waals surface area contributed by atoms with Crippen molar-refractivity contribution in [2.45, 2.75) is 6.43 Å². The van der Waals surface area contributed by atoms with Crippen LogP contribution in [0.2, 0.25) is 0 Å². The lowest BCUT2D eigenvalue weighted by Crippen LogP contribution is -2.12. The minimum Gasteiger partial charge on any atom is -0.507 e. The Labute approximate surface area is 71.6 Å². The van der Waals surface area contributed by atoms with E-state index in [2.05, 4.69) is 0 Å². The number of phenolic OH excluding ortho intramolecular Hbond substituents is 1. The van der Waals surface area contributed by atoms with Gasteiger partial charge in [-0.1, -0.05) is 6.07 Å². The maximum atomic E-state index is 12.7. The quantitative estimate of drug-likeness (QED) is 0.724. The fraction of sp³-hybridized carbons (Fsp3) is 0.125. The van der Waals surface area contributed by atoms with Crippen molar-refractivity contribution in [1.82, 2.24) is 0 Å². The van der Waals surface area contributed by atoms with Crippen molar-refractivity contribution in [3.05, 3.63) is 29.6 Å². The third-order valence-corrected chi connectivity index (χ3v) is 1.44. The van der Waals surface area contributed by atoms with Crippen LogP contribution in [0.5, 0.6) is 5.75 Å². The summed E-state index contributed by atoms with van der Waals surface area (Å²) in [6.07, 6.45) is -3.32. The summed E-state index contributed by atoms with van der Waals surface area (Å²) in [5.41, 5.74) is -0.961. The first kappa shape index (κ1) is 9.57. The number of benzene rings is 1. The Bertz CT molecular complexity index is 316. The van der Waals surface area contributed by atoms with Gasteiger partial charge in [-0.05, 0) is 12.1 Å². The predicted octanol–water partition coefficient (Wildman–Crippen LogP) is 1.98. The van der Waals surface area contributed by atoms with Gasteiger partial charge in [0.25, 0.3) is 0 Å². The molecule has 0 spiro atoms. The first-order valence-electron chi connectivity index (χ1n) is 3.34. The normalized spacial score (nSPS) is 10.5. The lowest BCUT2D eigenvalue weighted by Gasteiger charge is -2.03. The number of carbonyl (C=O) groups is 1. The van der Waals surface area contributed by atoms with E-state index in [-0.39, 0.29) is 0 Å². The molecule has 0 saturated carbocycles.